The van der Waals surface area contributed by atoms with Crippen molar-refractivity contribution in [2.75, 3.05) is 19.0 Å². The number of anilines is 1. The highest BCUT2D eigenvalue weighted by molar-refractivity contribution is 9.10. The van der Waals surface area contributed by atoms with Crippen LogP contribution in [-0.2, 0) is 6.42 Å². The van der Waals surface area contributed by atoms with Crippen molar-refractivity contribution in [3.63, 3.8) is 0 Å². The fourth-order valence-corrected chi connectivity index (χ4v) is 2.81. The van der Waals surface area contributed by atoms with Crippen LogP contribution in [0, 0.1) is 0 Å². The Hall–Kier alpha value is -1.03. The van der Waals surface area contributed by atoms with Gasteiger partial charge in [0.25, 0.3) is 0 Å². The molecule has 106 valence electrons. The Morgan fingerprint density at radius 2 is 1.80 bits per heavy atom. The minimum Gasteiger partial charge on any atom is -0.378 e. The minimum absolute atomic E-state index is 0.0510. The molecule has 0 aliphatic heterocycles. The molecule has 1 atom stereocenters. The second kappa shape index (κ2) is 6.61. The van der Waals surface area contributed by atoms with E-state index in [9.17, 15) is 0 Å². The first kappa shape index (κ1) is 15.4. The molecule has 0 amide bonds. The molecule has 0 aromatic heterocycles. The van der Waals surface area contributed by atoms with Gasteiger partial charge in [0.15, 0.2) is 0 Å². The van der Waals surface area contributed by atoms with Crippen molar-refractivity contribution in [2.45, 2.75) is 12.5 Å². The number of benzene rings is 2. The fourth-order valence-electron chi connectivity index (χ4n) is 2.06. The highest BCUT2D eigenvalue weighted by atomic mass is 79.9. The predicted octanol–water partition coefficient (Wildman–Crippen LogP) is 4.41. The summed E-state index contributed by atoms with van der Waals surface area (Å²) < 4.78 is 0.982. The Morgan fingerprint density at radius 1 is 1.15 bits per heavy atom. The molecule has 2 aromatic carbocycles. The fraction of sp³-hybridized carbons (Fsp3) is 0.250. The van der Waals surface area contributed by atoms with Crippen molar-refractivity contribution < 1.29 is 0 Å². The van der Waals surface area contributed by atoms with E-state index in [4.69, 9.17) is 17.3 Å². The lowest BCUT2D eigenvalue weighted by molar-refractivity contribution is 0.722. The summed E-state index contributed by atoms with van der Waals surface area (Å²) >= 11 is 9.64. The maximum Gasteiger partial charge on any atom is 0.0449 e. The molecule has 2 N–H and O–H groups in total. The molecular weight excluding hydrogens is 336 g/mol. The molecule has 0 radical (unpaired) electrons. The summed E-state index contributed by atoms with van der Waals surface area (Å²) in [6.45, 7) is 0. The van der Waals surface area contributed by atoms with Gasteiger partial charge in [-0.3, -0.25) is 0 Å². The van der Waals surface area contributed by atoms with Crippen LogP contribution in [0.5, 0.6) is 0 Å². The third-order valence-electron chi connectivity index (χ3n) is 3.29. The van der Waals surface area contributed by atoms with Gasteiger partial charge in [0.1, 0.15) is 0 Å². The van der Waals surface area contributed by atoms with Crippen LogP contribution < -0.4 is 10.6 Å². The minimum atomic E-state index is -0.0510. The highest BCUT2D eigenvalue weighted by Gasteiger charge is 2.10. The molecule has 2 aromatic rings. The summed E-state index contributed by atoms with van der Waals surface area (Å²) in [6, 6.07) is 14.2. The first-order valence-electron chi connectivity index (χ1n) is 6.44. The Kier molecular flexibility index (Phi) is 5.08. The molecule has 0 heterocycles. The van der Waals surface area contributed by atoms with Crippen molar-refractivity contribution in [1.29, 1.82) is 0 Å². The van der Waals surface area contributed by atoms with Crippen molar-refractivity contribution >= 4 is 33.2 Å². The van der Waals surface area contributed by atoms with Gasteiger partial charge in [-0.05, 0) is 41.8 Å². The van der Waals surface area contributed by atoms with Gasteiger partial charge in [0.2, 0.25) is 0 Å². The second-order valence-corrected chi connectivity index (χ2v) is 6.36. The van der Waals surface area contributed by atoms with E-state index in [0.717, 1.165) is 27.0 Å². The van der Waals surface area contributed by atoms with E-state index in [1.807, 2.05) is 32.3 Å². The Labute approximate surface area is 133 Å². The summed E-state index contributed by atoms with van der Waals surface area (Å²) in [5.41, 5.74) is 9.63. The lowest BCUT2D eigenvalue weighted by Gasteiger charge is -2.16. The first-order valence-corrected chi connectivity index (χ1v) is 7.61. The standard InChI is InChI=1S/C16H18BrClN2/c1-20(2)14-7-4-11(5-8-14)16(19)9-12-3-6-13(17)10-15(12)18/h3-8,10,16H,9,19H2,1-2H3. The van der Waals surface area contributed by atoms with E-state index < -0.39 is 0 Å². The zero-order valence-corrected chi connectivity index (χ0v) is 13.9. The van der Waals surface area contributed by atoms with Gasteiger partial charge in [-0.25, -0.2) is 0 Å². The van der Waals surface area contributed by atoms with Gasteiger partial charge in [-0.1, -0.05) is 45.7 Å². The average molecular weight is 354 g/mol. The van der Waals surface area contributed by atoms with Crippen LogP contribution in [0.25, 0.3) is 0 Å². The van der Waals surface area contributed by atoms with Crippen LogP contribution in [-0.4, -0.2) is 14.1 Å². The molecular formula is C16H18BrClN2. The monoisotopic (exact) mass is 352 g/mol. The zero-order valence-electron chi connectivity index (χ0n) is 11.6. The lowest BCUT2D eigenvalue weighted by atomic mass is 9.99. The molecule has 2 nitrogen and oxygen atoms in total. The maximum atomic E-state index is 6.28. The van der Waals surface area contributed by atoms with Crippen molar-refractivity contribution in [3.8, 4) is 0 Å². The molecule has 0 bridgehead atoms. The number of hydrogen-bond donors (Lipinski definition) is 1. The van der Waals surface area contributed by atoms with Gasteiger partial charge >= 0.3 is 0 Å². The van der Waals surface area contributed by atoms with Gasteiger partial charge < -0.3 is 10.6 Å². The van der Waals surface area contributed by atoms with Crippen LogP contribution in [0.4, 0.5) is 5.69 Å². The summed E-state index contributed by atoms with van der Waals surface area (Å²) in [4.78, 5) is 2.07. The average Bonchev–Trinajstić information content (AvgIpc) is 2.42. The maximum absolute atomic E-state index is 6.28. The molecule has 0 fully saturated rings. The molecule has 0 saturated heterocycles. The zero-order chi connectivity index (χ0) is 14.7. The molecule has 20 heavy (non-hydrogen) atoms. The molecule has 2 rings (SSSR count). The van der Waals surface area contributed by atoms with Crippen molar-refractivity contribution in [3.05, 3.63) is 63.1 Å². The Balaban J connectivity index is 2.13. The van der Waals surface area contributed by atoms with Gasteiger partial charge in [0.05, 0.1) is 0 Å². The smallest absolute Gasteiger partial charge is 0.0449 e. The summed E-state index contributed by atoms with van der Waals surface area (Å²) in [5, 5.41) is 0.750. The second-order valence-electron chi connectivity index (χ2n) is 5.03. The predicted molar refractivity (Wildman–Crippen MR) is 90.6 cm³/mol. The molecule has 0 saturated carbocycles. The van der Waals surface area contributed by atoms with E-state index in [1.165, 1.54) is 5.69 Å². The number of nitrogens with zero attached hydrogens (tertiary/aromatic N) is 1. The highest BCUT2D eigenvalue weighted by Crippen LogP contribution is 2.26. The summed E-state index contributed by atoms with van der Waals surface area (Å²) in [7, 11) is 4.05. The van der Waals surface area contributed by atoms with Crippen LogP contribution in [0.3, 0.4) is 0 Å². The van der Waals surface area contributed by atoms with E-state index in [2.05, 4.69) is 45.1 Å². The lowest BCUT2D eigenvalue weighted by Crippen LogP contribution is -2.14. The van der Waals surface area contributed by atoms with Crippen LogP contribution in [0.2, 0.25) is 5.02 Å². The number of halogens is 2. The molecule has 4 heteroatoms. The number of hydrogen-bond acceptors (Lipinski definition) is 2. The Morgan fingerprint density at radius 3 is 2.35 bits per heavy atom. The van der Waals surface area contributed by atoms with E-state index >= 15 is 0 Å². The topological polar surface area (TPSA) is 29.3 Å². The van der Waals surface area contributed by atoms with Gasteiger partial charge in [-0.15, -0.1) is 0 Å². The number of rotatable bonds is 4. The summed E-state index contributed by atoms with van der Waals surface area (Å²) in [6.07, 6.45) is 0.730. The number of nitrogens with two attached hydrogens (primary N) is 1. The SMILES string of the molecule is CN(C)c1ccc(C(N)Cc2ccc(Br)cc2Cl)cc1. The van der Waals surface area contributed by atoms with E-state index in [1.54, 1.807) is 0 Å². The quantitative estimate of drug-likeness (QED) is 0.882. The van der Waals surface area contributed by atoms with Crippen LogP contribution >= 0.6 is 27.5 Å². The first-order chi connectivity index (χ1) is 9.47. The Bertz CT molecular complexity index is 582. The van der Waals surface area contributed by atoms with Gasteiger partial charge in [0, 0.05) is 35.3 Å². The van der Waals surface area contributed by atoms with Gasteiger partial charge in [-0.2, -0.15) is 0 Å². The van der Waals surface area contributed by atoms with Crippen LogP contribution in [0.15, 0.2) is 46.9 Å². The molecule has 0 spiro atoms. The summed E-state index contributed by atoms with van der Waals surface area (Å²) in [5.74, 6) is 0. The largest absolute Gasteiger partial charge is 0.378 e. The third kappa shape index (κ3) is 3.75. The van der Waals surface area contributed by atoms with E-state index in [0.29, 0.717) is 0 Å². The molecule has 1 unspecified atom stereocenters. The van der Waals surface area contributed by atoms with Crippen molar-refractivity contribution in [2.24, 2.45) is 5.73 Å². The normalized spacial score (nSPS) is 12.2. The van der Waals surface area contributed by atoms with Crippen molar-refractivity contribution in [1.82, 2.24) is 0 Å². The third-order valence-corrected chi connectivity index (χ3v) is 4.14. The molecule has 0 aliphatic carbocycles. The van der Waals surface area contributed by atoms with E-state index in [-0.39, 0.29) is 6.04 Å². The molecule has 0 aliphatic rings. The van der Waals surface area contributed by atoms with Crippen LogP contribution in [0.1, 0.15) is 17.2 Å².